The lowest BCUT2D eigenvalue weighted by atomic mass is 10.2. The Bertz CT molecular complexity index is 940. The van der Waals surface area contributed by atoms with Crippen LogP contribution >= 0.6 is 27.7 Å². The van der Waals surface area contributed by atoms with Crippen LogP contribution in [-0.4, -0.2) is 17.9 Å². The maximum Gasteiger partial charge on any atom is 0.264 e. The van der Waals surface area contributed by atoms with Crippen LogP contribution in [0.4, 0.5) is 5.69 Å². The highest BCUT2D eigenvalue weighted by Crippen LogP contribution is 2.39. The zero-order chi connectivity index (χ0) is 17.4. The Kier molecular flexibility index (Phi) is 4.27. The molecule has 0 spiro atoms. The van der Waals surface area contributed by atoms with Crippen LogP contribution in [-0.2, 0) is 4.79 Å². The van der Waals surface area contributed by atoms with Crippen molar-refractivity contribution in [2.24, 2.45) is 4.99 Å². The second kappa shape index (κ2) is 6.57. The Balaban J connectivity index is 1.63. The summed E-state index contributed by atoms with van der Waals surface area (Å²) in [5, 5.41) is 3.38. The molecular formula is C18H13BrN2O3S. The van der Waals surface area contributed by atoms with E-state index >= 15 is 0 Å². The molecule has 1 amide bonds. The number of benzene rings is 2. The minimum atomic E-state index is -0.165. The number of nitrogens with one attached hydrogen (secondary N) is 1. The first-order valence-corrected chi connectivity index (χ1v) is 9.15. The van der Waals surface area contributed by atoms with Gasteiger partial charge in [-0.1, -0.05) is 34.1 Å². The van der Waals surface area contributed by atoms with Crippen LogP contribution in [0.3, 0.4) is 0 Å². The van der Waals surface area contributed by atoms with Gasteiger partial charge in [0.1, 0.15) is 0 Å². The molecule has 2 aliphatic heterocycles. The maximum atomic E-state index is 12.3. The molecule has 5 nitrogen and oxygen atoms in total. The van der Waals surface area contributed by atoms with Crippen molar-refractivity contribution in [3.05, 3.63) is 56.9 Å². The van der Waals surface area contributed by atoms with Crippen molar-refractivity contribution in [3.8, 4) is 11.5 Å². The van der Waals surface area contributed by atoms with E-state index in [9.17, 15) is 4.79 Å². The SMILES string of the molecule is Cc1ccccc1N=C1NC(=O)/C(=C/c2cc3c(cc2Br)OCO3)S1. The molecule has 1 N–H and O–H groups in total. The van der Waals surface area contributed by atoms with Crippen molar-refractivity contribution in [1.82, 2.24) is 5.32 Å². The third-order valence-corrected chi connectivity index (χ3v) is 5.36. The van der Waals surface area contributed by atoms with Gasteiger partial charge in [0, 0.05) is 4.47 Å². The smallest absolute Gasteiger partial charge is 0.264 e. The molecule has 0 saturated carbocycles. The number of carbonyl (C=O) groups excluding carboxylic acids is 1. The first-order valence-electron chi connectivity index (χ1n) is 7.54. The van der Waals surface area contributed by atoms with E-state index in [-0.39, 0.29) is 12.7 Å². The number of thioether (sulfide) groups is 1. The Morgan fingerprint density at radius 1 is 1.24 bits per heavy atom. The first-order chi connectivity index (χ1) is 12.1. The third kappa shape index (κ3) is 3.29. The molecule has 2 aliphatic rings. The second-order valence-electron chi connectivity index (χ2n) is 5.50. The van der Waals surface area contributed by atoms with E-state index in [1.807, 2.05) is 49.4 Å². The van der Waals surface area contributed by atoms with E-state index in [1.54, 1.807) is 0 Å². The predicted octanol–water partition coefficient (Wildman–Crippen LogP) is 4.38. The summed E-state index contributed by atoms with van der Waals surface area (Å²) in [4.78, 5) is 17.4. The average molecular weight is 417 g/mol. The molecule has 25 heavy (non-hydrogen) atoms. The highest BCUT2D eigenvalue weighted by atomic mass is 79.9. The number of nitrogens with zero attached hydrogens (tertiary/aromatic N) is 1. The Morgan fingerprint density at radius 3 is 2.80 bits per heavy atom. The van der Waals surface area contributed by atoms with Gasteiger partial charge < -0.3 is 14.8 Å². The molecule has 0 atom stereocenters. The van der Waals surface area contributed by atoms with Gasteiger partial charge in [0.05, 0.1) is 10.6 Å². The summed E-state index contributed by atoms with van der Waals surface area (Å²) in [6, 6.07) is 11.5. The number of hydrogen-bond acceptors (Lipinski definition) is 5. The molecule has 2 heterocycles. The summed E-state index contributed by atoms with van der Waals surface area (Å²) in [6.45, 7) is 2.20. The number of aryl methyl sites for hydroxylation is 1. The van der Waals surface area contributed by atoms with Crippen LogP contribution in [0.2, 0.25) is 0 Å². The summed E-state index contributed by atoms with van der Waals surface area (Å²) in [5.41, 5.74) is 2.75. The van der Waals surface area contributed by atoms with Crippen molar-refractivity contribution >= 4 is 50.5 Å². The fourth-order valence-corrected chi connectivity index (χ4v) is 3.73. The van der Waals surface area contributed by atoms with Gasteiger partial charge in [-0.2, -0.15) is 0 Å². The van der Waals surface area contributed by atoms with Gasteiger partial charge in [0.15, 0.2) is 16.7 Å². The summed E-state index contributed by atoms with van der Waals surface area (Å²) >= 11 is 4.82. The number of fused-ring (bicyclic) bond motifs is 1. The predicted molar refractivity (Wildman–Crippen MR) is 102 cm³/mol. The van der Waals surface area contributed by atoms with E-state index in [4.69, 9.17) is 9.47 Å². The van der Waals surface area contributed by atoms with E-state index in [0.29, 0.717) is 21.6 Å². The molecule has 4 rings (SSSR count). The Labute approximate surface area is 157 Å². The summed E-state index contributed by atoms with van der Waals surface area (Å²) in [5.74, 6) is 1.20. The van der Waals surface area contributed by atoms with Crippen LogP contribution in [0, 0.1) is 6.92 Å². The van der Waals surface area contributed by atoms with Crippen LogP contribution in [0.25, 0.3) is 6.08 Å². The van der Waals surface area contributed by atoms with E-state index < -0.39 is 0 Å². The first kappa shape index (κ1) is 16.2. The molecule has 2 aromatic carbocycles. The number of halogens is 1. The monoisotopic (exact) mass is 416 g/mol. The van der Waals surface area contributed by atoms with Gasteiger partial charge in [-0.3, -0.25) is 4.79 Å². The van der Waals surface area contributed by atoms with E-state index in [1.165, 1.54) is 11.8 Å². The van der Waals surface area contributed by atoms with Gasteiger partial charge in [-0.15, -0.1) is 0 Å². The van der Waals surface area contributed by atoms with Gasteiger partial charge in [-0.25, -0.2) is 4.99 Å². The molecule has 1 fully saturated rings. The van der Waals surface area contributed by atoms with E-state index in [2.05, 4.69) is 26.2 Å². The fraction of sp³-hybridized carbons (Fsp3) is 0.111. The minimum absolute atomic E-state index is 0.165. The molecule has 0 unspecified atom stereocenters. The average Bonchev–Trinajstić information content (AvgIpc) is 3.16. The molecule has 0 aromatic heterocycles. The Hall–Kier alpha value is -2.25. The molecule has 7 heteroatoms. The topological polar surface area (TPSA) is 59.9 Å². The summed E-state index contributed by atoms with van der Waals surface area (Å²) in [7, 11) is 0. The normalized spacial score (nSPS) is 18.9. The quantitative estimate of drug-likeness (QED) is 0.737. The fourth-order valence-electron chi connectivity index (χ4n) is 2.46. The molecule has 0 radical (unpaired) electrons. The lowest BCUT2D eigenvalue weighted by Gasteiger charge is -2.02. The maximum absolute atomic E-state index is 12.3. The highest BCUT2D eigenvalue weighted by Gasteiger charge is 2.25. The third-order valence-electron chi connectivity index (χ3n) is 3.77. The zero-order valence-corrected chi connectivity index (χ0v) is 15.6. The number of amides is 1. The highest BCUT2D eigenvalue weighted by molar-refractivity contribution is 9.10. The number of rotatable bonds is 2. The van der Waals surface area contributed by atoms with Crippen molar-refractivity contribution < 1.29 is 14.3 Å². The molecule has 0 aliphatic carbocycles. The van der Waals surface area contributed by atoms with Crippen molar-refractivity contribution in [3.63, 3.8) is 0 Å². The summed E-state index contributed by atoms with van der Waals surface area (Å²) < 4.78 is 11.6. The molecule has 2 aromatic rings. The number of ether oxygens (including phenoxy) is 2. The lowest BCUT2D eigenvalue weighted by Crippen LogP contribution is -2.19. The number of amidine groups is 1. The second-order valence-corrected chi connectivity index (χ2v) is 7.38. The number of carbonyl (C=O) groups is 1. The van der Waals surface area contributed by atoms with E-state index in [0.717, 1.165) is 21.3 Å². The van der Waals surface area contributed by atoms with Crippen LogP contribution in [0.1, 0.15) is 11.1 Å². The lowest BCUT2D eigenvalue weighted by molar-refractivity contribution is -0.115. The molecular weight excluding hydrogens is 404 g/mol. The van der Waals surface area contributed by atoms with Gasteiger partial charge in [0.25, 0.3) is 5.91 Å². The zero-order valence-electron chi connectivity index (χ0n) is 13.2. The van der Waals surface area contributed by atoms with Crippen LogP contribution in [0.5, 0.6) is 11.5 Å². The van der Waals surface area contributed by atoms with Crippen LogP contribution < -0.4 is 14.8 Å². The number of aliphatic imine (C=N–C) groups is 1. The van der Waals surface area contributed by atoms with Crippen LogP contribution in [0.15, 0.2) is 50.8 Å². The number of hydrogen-bond donors (Lipinski definition) is 1. The molecule has 126 valence electrons. The van der Waals surface area contributed by atoms with Crippen molar-refractivity contribution in [2.75, 3.05) is 6.79 Å². The summed E-state index contributed by atoms with van der Waals surface area (Å²) in [6.07, 6.45) is 1.81. The largest absolute Gasteiger partial charge is 0.454 e. The molecule has 1 saturated heterocycles. The van der Waals surface area contributed by atoms with Crippen molar-refractivity contribution in [1.29, 1.82) is 0 Å². The van der Waals surface area contributed by atoms with Gasteiger partial charge >= 0.3 is 0 Å². The number of para-hydroxylation sites is 1. The molecule has 0 bridgehead atoms. The minimum Gasteiger partial charge on any atom is -0.454 e. The van der Waals surface area contributed by atoms with Gasteiger partial charge in [-0.05, 0) is 54.1 Å². The Morgan fingerprint density at radius 2 is 2.00 bits per heavy atom. The van der Waals surface area contributed by atoms with Gasteiger partial charge in [0.2, 0.25) is 6.79 Å². The standard InChI is InChI=1S/C18H13BrN2O3S/c1-10-4-2-3-5-13(10)20-18-21-17(22)16(25-18)7-11-6-14-15(8-12(11)19)24-9-23-14/h2-8H,9H2,1H3,(H,20,21,22)/b16-7-. The van der Waals surface area contributed by atoms with Crippen molar-refractivity contribution in [2.45, 2.75) is 6.92 Å².